The third-order valence-corrected chi connectivity index (χ3v) is 9.06. The highest BCUT2D eigenvalue weighted by atomic mass is 19.4. The lowest BCUT2D eigenvalue weighted by atomic mass is 9.81. The zero-order valence-electron chi connectivity index (χ0n) is 26.5. The van der Waals surface area contributed by atoms with E-state index in [4.69, 9.17) is 0 Å². The monoisotopic (exact) mass is 660 g/mol. The number of rotatable bonds is 6. The second-order valence-electron chi connectivity index (χ2n) is 12.5. The summed E-state index contributed by atoms with van der Waals surface area (Å²) in [5.74, 6) is -0.701. The van der Waals surface area contributed by atoms with Crippen LogP contribution in [-0.2, 0) is 28.6 Å². The first kappa shape index (κ1) is 40.4. The molecule has 45 heavy (non-hydrogen) atoms. The molecule has 4 saturated carbocycles. The summed E-state index contributed by atoms with van der Waals surface area (Å²) in [6.07, 6.45) is -3.04. The van der Waals surface area contributed by atoms with Crippen molar-refractivity contribution in [3.05, 3.63) is 24.3 Å². The highest BCUT2D eigenvalue weighted by molar-refractivity contribution is 5.93. The van der Waals surface area contributed by atoms with Crippen molar-refractivity contribution in [2.45, 2.75) is 102 Å². The molecular formula is C31H46F6O8. The van der Waals surface area contributed by atoms with Crippen LogP contribution in [0.1, 0.15) is 78.1 Å². The van der Waals surface area contributed by atoms with Gasteiger partial charge in [0.1, 0.15) is 0 Å². The zero-order valence-corrected chi connectivity index (χ0v) is 26.5. The molecule has 8 nitrogen and oxygen atoms in total. The van der Waals surface area contributed by atoms with Gasteiger partial charge in [-0.1, -0.05) is 19.6 Å². The number of hydrogen-bond donors (Lipinski definition) is 2. The molecule has 2 N–H and O–H groups in total. The van der Waals surface area contributed by atoms with Gasteiger partial charge in [-0.3, -0.25) is 4.79 Å². The van der Waals surface area contributed by atoms with Gasteiger partial charge in [-0.2, -0.15) is 26.3 Å². The molecule has 4 bridgehead atoms. The predicted molar refractivity (Wildman–Crippen MR) is 151 cm³/mol. The van der Waals surface area contributed by atoms with E-state index in [0.717, 1.165) is 32.6 Å². The van der Waals surface area contributed by atoms with Gasteiger partial charge in [-0.15, -0.1) is 0 Å². The van der Waals surface area contributed by atoms with Crippen molar-refractivity contribution in [2.75, 3.05) is 21.3 Å². The summed E-state index contributed by atoms with van der Waals surface area (Å²) in [6.45, 7) is 9.19. The third-order valence-electron chi connectivity index (χ3n) is 9.06. The molecule has 4 aliphatic rings. The molecule has 4 rings (SSSR count). The first-order valence-electron chi connectivity index (χ1n) is 14.7. The zero-order chi connectivity index (χ0) is 35.0. The smallest absolute Gasteiger partial charge is 0.417 e. The minimum atomic E-state index is -4.49. The summed E-state index contributed by atoms with van der Waals surface area (Å²) in [6, 6.07) is 0. The van der Waals surface area contributed by atoms with Gasteiger partial charge in [-0.25, -0.2) is 9.59 Å². The van der Waals surface area contributed by atoms with Crippen LogP contribution in [0, 0.1) is 29.6 Å². The van der Waals surface area contributed by atoms with Gasteiger partial charge in [0.2, 0.25) is 0 Å². The number of alkyl halides is 6. The number of aliphatic hydroxyl groups is 2. The van der Waals surface area contributed by atoms with E-state index >= 15 is 0 Å². The number of esters is 3. The number of methoxy groups -OCH3 is 3. The molecule has 0 aromatic heterocycles. The Kier molecular flexibility index (Phi) is 14.6. The lowest BCUT2D eigenvalue weighted by Gasteiger charge is -2.34. The highest BCUT2D eigenvalue weighted by Crippen LogP contribution is 2.56. The van der Waals surface area contributed by atoms with Crippen LogP contribution in [0.15, 0.2) is 24.3 Å². The van der Waals surface area contributed by atoms with Crippen molar-refractivity contribution in [1.82, 2.24) is 0 Å². The molecule has 260 valence electrons. The second kappa shape index (κ2) is 16.3. The van der Waals surface area contributed by atoms with Crippen LogP contribution in [0.2, 0.25) is 0 Å². The highest BCUT2D eigenvalue weighted by Gasteiger charge is 2.64. The third kappa shape index (κ3) is 11.3. The number of carbonyl (C=O) groups excluding carboxylic acids is 3. The summed E-state index contributed by atoms with van der Waals surface area (Å²) in [7, 11) is 3.80. The Hall–Kier alpha value is -2.61. The molecule has 0 heterocycles. The molecular weight excluding hydrogens is 614 g/mol. The van der Waals surface area contributed by atoms with E-state index in [2.05, 4.69) is 27.4 Å². The van der Waals surface area contributed by atoms with Crippen LogP contribution in [0.4, 0.5) is 26.3 Å². The van der Waals surface area contributed by atoms with Crippen molar-refractivity contribution in [3.8, 4) is 0 Å². The lowest BCUT2D eigenvalue weighted by Crippen LogP contribution is -2.49. The molecule has 4 aliphatic carbocycles. The van der Waals surface area contributed by atoms with E-state index < -0.39 is 41.4 Å². The van der Waals surface area contributed by atoms with E-state index in [9.17, 15) is 50.9 Å². The number of halogens is 6. The van der Waals surface area contributed by atoms with Gasteiger partial charge >= 0.3 is 30.3 Å². The van der Waals surface area contributed by atoms with Gasteiger partial charge in [0.25, 0.3) is 0 Å². The van der Waals surface area contributed by atoms with Crippen LogP contribution in [0.5, 0.6) is 0 Å². The summed E-state index contributed by atoms with van der Waals surface area (Å²) in [4.78, 5) is 31.4. The number of ether oxygens (including phenoxy) is 3. The number of fused-ring (bicyclic) bond motifs is 4. The molecule has 0 aromatic rings. The quantitative estimate of drug-likeness (QED) is 0.149. The molecule has 0 aromatic carbocycles. The van der Waals surface area contributed by atoms with Crippen molar-refractivity contribution in [2.24, 2.45) is 29.6 Å². The van der Waals surface area contributed by atoms with E-state index in [0.29, 0.717) is 30.3 Å². The normalized spacial score (nSPS) is 29.0. The average molecular weight is 661 g/mol. The van der Waals surface area contributed by atoms with Gasteiger partial charge in [0, 0.05) is 11.1 Å². The van der Waals surface area contributed by atoms with Crippen molar-refractivity contribution >= 4 is 17.9 Å². The molecule has 0 aliphatic heterocycles. The maximum atomic E-state index is 12.5. The van der Waals surface area contributed by atoms with Crippen molar-refractivity contribution in [3.63, 3.8) is 0 Å². The van der Waals surface area contributed by atoms with E-state index in [1.54, 1.807) is 6.92 Å². The topological polar surface area (TPSA) is 119 Å². The molecule has 0 radical (unpaired) electrons. The largest absolute Gasteiger partial charge is 0.469 e. The van der Waals surface area contributed by atoms with Gasteiger partial charge in [0.05, 0.1) is 27.8 Å². The number of hydrogen-bond acceptors (Lipinski definition) is 8. The fourth-order valence-electron chi connectivity index (χ4n) is 6.54. The molecule has 0 amide bonds. The summed E-state index contributed by atoms with van der Waals surface area (Å²) >= 11 is 0. The van der Waals surface area contributed by atoms with Crippen LogP contribution in [0.3, 0.4) is 0 Å². The van der Waals surface area contributed by atoms with Gasteiger partial charge in [-0.05, 0) is 94.8 Å². The molecule has 7 atom stereocenters. The fourth-order valence-corrected chi connectivity index (χ4v) is 6.54. The van der Waals surface area contributed by atoms with E-state index in [1.807, 2.05) is 0 Å². The average Bonchev–Trinajstić information content (AvgIpc) is 3.74. The Labute approximate surface area is 260 Å². The van der Waals surface area contributed by atoms with Crippen molar-refractivity contribution < 1.29 is 65.1 Å². The van der Waals surface area contributed by atoms with Gasteiger partial charge < -0.3 is 24.4 Å². The Morgan fingerprint density at radius 3 is 1.69 bits per heavy atom. The maximum Gasteiger partial charge on any atom is 0.417 e. The molecule has 0 saturated heterocycles. The maximum absolute atomic E-state index is 12.5. The molecule has 0 spiro atoms. The first-order chi connectivity index (χ1) is 20.5. The predicted octanol–water partition coefficient (Wildman–Crippen LogP) is 6.24. The molecule has 4 fully saturated rings. The van der Waals surface area contributed by atoms with Crippen LogP contribution in [-0.4, -0.2) is 73.0 Å². The van der Waals surface area contributed by atoms with Crippen LogP contribution in [0.25, 0.3) is 0 Å². The van der Waals surface area contributed by atoms with E-state index in [1.165, 1.54) is 27.8 Å². The molecule has 14 heteroatoms. The Morgan fingerprint density at radius 2 is 1.40 bits per heavy atom. The first-order valence-corrected chi connectivity index (χ1v) is 14.7. The Balaban J connectivity index is 0.000000310. The lowest BCUT2D eigenvalue weighted by molar-refractivity contribution is -0.277. The Bertz CT molecular complexity index is 1050. The second-order valence-corrected chi connectivity index (χ2v) is 12.5. The number of carbonyl (C=O) groups is 3. The minimum Gasteiger partial charge on any atom is -0.469 e. The van der Waals surface area contributed by atoms with Crippen molar-refractivity contribution in [1.29, 1.82) is 0 Å². The minimum absolute atomic E-state index is 0.0683. The standard InChI is InChI=1S/C11H17F3O.C8H11F3O.C7H10O4.C5H8O2/c1-10(15,11(12,13)14)6-9-5-7-2-3-8(9)4-7;9-8(10,11)7(12)4-5-1-2-6(7)3-5;1-5(7(9)11-3)4-6(8)10-2;1-4(2)5(6)7-3/h7-9,15H,2-6H2,1H3;5-6,12H,1-4H2;1,4H2,2-3H3;1H2,2-3H3. The van der Waals surface area contributed by atoms with Crippen LogP contribution >= 0.6 is 0 Å². The molecule has 7 unspecified atom stereocenters. The van der Waals surface area contributed by atoms with Gasteiger partial charge in [0.15, 0.2) is 11.2 Å². The van der Waals surface area contributed by atoms with E-state index in [-0.39, 0.29) is 42.6 Å². The fraction of sp³-hybridized carbons (Fsp3) is 0.774. The van der Waals surface area contributed by atoms with Crippen LogP contribution < -0.4 is 0 Å². The Morgan fingerprint density at radius 1 is 0.844 bits per heavy atom. The summed E-state index contributed by atoms with van der Waals surface area (Å²) in [5, 5.41) is 18.8. The summed E-state index contributed by atoms with van der Waals surface area (Å²) < 4.78 is 87.4. The SMILES string of the molecule is C=C(C)C(=O)OC.C=C(CC(=O)OC)C(=O)OC.CC(O)(CC1CC2CCC1C2)C(F)(F)F.OC1(C(F)(F)F)CC2CCC1C2. The summed E-state index contributed by atoms with van der Waals surface area (Å²) in [5.41, 5.74) is -4.32.